The lowest BCUT2D eigenvalue weighted by molar-refractivity contribution is 0.349. The number of piperidine rings is 1. The highest BCUT2D eigenvalue weighted by Crippen LogP contribution is 2.11. The molecule has 3 heteroatoms. The molecule has 1 rings (SSSR count). The second kappa shape index (κ2) is 6.44. The minimum Gasteiger partial charge on any atom is -0.314 e. The number of hydrogen-bond acceptors (Lipinski definition) is 2. The fraction of sp³-hybridized carbons (Fsp3) is 0.818. The average Bonchev–Trinajstić information content (AvgIpc) is 2.16. The van der Waals surface area contributed by atoms with E-state index in [1.807, 2.05) is 0 Å². The lowest BCUT2D eigenvalue weighted by Crippen LogP contribution is -2.40. The third kappa shape index (κ3) is 4.99. The minimum absolute atomic E-state index is 0.515. The van der Waals surface area contributed by atoms with E-state index in [1.165, 1.54) is 32.2 Å². The first-order valence-electron chi connectivity index (χ1n) is 5.48. The van der Waals surface area contributed by atoms with Crippen molar-refractivity contribution in [3.8, 4) is 0 Å². The van der Waals surface area contributed by atoms with Crippen LogP contribution >= 0.6 is 11.6 Å². The van der Waals surface area contributed by atoms with E-state index in [4.69, 9.17) is 11.6 Å². The molecule has 1 fully saturated rings. The molecule has 1 aliphatic heterocycles. The SMILES string of the molecule is C=C(Cl)CNC(C)CC1CCCCN1. The molecule has 0 aromatic rings. The van der Waals surface area contributed by atoms with Gasteiger partial charge in [-0.1, -0.05) is 24.6 Å². The molecule has 0 aromatic heterocycles. The average molecular weight is 217 g/mol. The van der Waals surface area contributed by atoms with Crippen molar-refractivity contribution in [3.05, 3.63) is 11.6 Å². The summed E-state index contributed by atoms with van der Waals surface area (Å²) >= 11 is 5.69. The van der Waals surface area contributed by atoms with E-state index >= 15 is 0 Å². The summed E-state index contributed by atoms with van der Waals surface area (Å²) in [6.45, 7) is 7.76. The van der Waals surface area contributed by atoms with E-state index < -0.39 is 0 Å². The predicted octanol–water partition coefficient (Wildman–Crippen LogP) is 2.25. The summed E-state index contributed by atoms with van der Waals surface area (Å²) in [5.74, 6) is 0. The summed E-state index contributed by atoms with van der Waals surface area (Å²) in [6, 6.07) is 1.20. The Morgan fingerprint density at radius 3 is 3.00 bits per heavy atom. The zero-order chi connectivity index (χ0) is 10.4. The van der Waals surface area contributed by atoms with Crippen molar-refractivity contribution in [3.63, 3.8) is 0 Å². The summed E-state index contributed by atoms with van der Waals surface area (Å²) in [6.07, 6.45) is 5.20. The fourth-order valence-corrected chi connectivity index (χ4v) is 2.00. The molecule has 1 aliphatic rings. The monoisotopic (exact) mass is 216 g/mol. The van der Waals surface area contributed by atoms with Gasteiger partial charge >= 0.3 is 0 Å². The first-order chi connectivity index (χ1) is 6.68. The van der Waals surface area contributed by atoms with E-state index in [2.05, 4.69) is 24.1 Å². The molecule has 0 spiro atoms. The molecule has 1 heterocycles. The standard InChI is InChI=1S/C11H21ClN2/c1-9(12)8-14-10(2)7-11-5-3-4-6-13-11/h10-11,13-14H,1,3-8H2,2H3. The molecule has 0 aromatic carbocycles. The first-order valence-corrected chi connectivity index (χ1v) is 5.86. The lowest BCUT2D eigenvalue weighted by atomic mass is 9.99. The second-order valence-electron chi connectivity index (χ2n) is 4.18. The molecule has 2 nitrogen and oxygen atoms in total. The Kier molecular flexibility index (Phi) is 5.53. The maximum atomic E-state index is 5.69. The molecule has 0 saturated carbocycles. The van der Waals surface area contributed by atoms with Gasteiger partial charge in [0.15, 0.2) is 0 Å². The Bertz CT molecular complexity index is 176. The quantitative estimate of drug-likeness (QED) is 0.737. The molecule has 82 valence electrons. The summed E-state index contributed by atoms with van der Waals surface area (Å²) < 4.78 is 0. The predicted molar refractivity (Wildman–Crippen MR) is 62.7 cm³/mol. The Labute approximate surface area is 92.1 Å². The minimum atomic E-state index is 0.515. The summed E-state index contributed by atoms with van der Waals surface area (Å²) in [5.41, 5.74) is 0. The van der Waals surface area contributed by atoms with Crippen molar-refractivity contribution in [2.75, 3.05) is 13.1 Å². The van der Waals surface area contributed by atoms with Crippen molar-refractivity contribution in [2.45, 2.75) is 44.7 Å². The van der Waals surface area contributed by atoms with Gasteiger partial charge < -0.3 is 10.6 Å². The molecule has 0 radical (unpaired) electrons. The number of rotatable bonds is 5. The summed E-state index contributed by atoms with van der Waals surface area (Å²) in [7, 11) is 0. The van der Waals surface area contributed by atoms with Crippen LogP contribution in [0.2, 0.25) is 0 Å². The van der Waals surface area contributed by atoms with Gasteiger partial charge in [-0.25, -0.2) is 0 Å². The van der Waals surface area contributed by atoms with Gasteiger partial charge in [0, 0.05) is 23.7 Å². The third-order valence-electron chi connectivity index (χ3n) is 2.69. The van der Waals surface area contributed by atoms with Gasteiger partial charge in [0.2, 0.25) is 0 Å². The van der Waals surface area contributed by atoms with E-state index in [0.29, 0.717) is 17.1 Å². The van der Waals surface area contributed by atoms with E-state index in [0.717, 1.165) is 6.54 Å². The lowest BCUT2D eigenvalue weighted by Gasteiger charge is -2.26. The van der Waals surface area contributed by atoms with Crippen molar-refractivity contribution in [2.24, 2.45) is 0 Å². The third-order valence-corrected chi connectivity index (χ3v) is 2.83. The highest BCUT2D eigenvalue weighted by Gasteiger charge is 2.15. The molecule has 2 N–H and O–H groups in total. The van der Waals surface area contributed by atoms with Crippen molar-refractivity contribution in [1.82, 2.24) is 10.6 Å². The largest absolute Gasteiger partial charge is 0.314 e. The zero-order valence-corrected chi connectivity index (χ0v) is 9.74. The van der Waals surface area contributed by atoms with Crippen LogP contribution in [0.3, 0.4) is 0 Å². The van der Waals surface area contributed by atoms with Gasteiger partial charge in [-0.15, -0.1) is 0 Å². The Morgan fingerprint density at radius 1 is 1.64 bits per heavy atom. The van der Waals surface area contributed by atoms with Gasteiger partial charge in [-0.05, 0) is 32.7 Å². The second-order valence-corrected chi connectivity index (χ2v) is 4.72. The Balaban J connectivity index is 2.11. The maximum absolute atomic E-state index is 5.69. The van der Waals surface area contributed by atoms with Crippen LogP contribution in [-0.2, 0) is 0 Å². The Morgan fingerprint density at radius 2 is 2.43 bits per heavy atom. The van der Waals surface area contributed by atoms with Crippen LogP contribution in [0.15, 0.2) is 11.6 Å². The number of halogens is 1. The molecule has 0 aliphatic carbocycles. The van der Waals surface area contributed by atoms with Crippen LogP contribution in [0.5, 0.6) is 0 Å². The van der Waals surface area contributed by atoms with Crippen LogP contribution in [0.4, 0.5) is 0 Å². The Hall–Kier alpha value is -0.0500. The van der Waals surface area contributed by atoms with Crippen molar-refractivity contribution < 1.29 is 0 Å². The molecule has 0 bridgehead atoms. The molecular weight excluding hydrogens is 196 g/mol. The molecule has 14 heavy (non-hydrogen) atoms. The van der Waals surface area contributed by atoms with Crippen LogP contribution in [0.25, 0.3) is 0 Å². The van der Waals surface area contributed by atoms with E-state index in [-0.39, 0.29) is 0 Å². The molecule has 2 unspecified atom stereocenters. The highest BCUT2D eigenvalue weighted by atomic mass is 35.5. The maximum Gasteiger partial charge on any atom is 0.0309 e. The van der Waals surface area contributed by atoms with Crippen LogP contribution in [0, 0.1) is 0 Å². The van der Waals surface area contributed by atoms with Crippen molar-refractivity contribution >= 4 is 11.6 Å². The van der Waals surface area contributed by atoms with E-state index in [1.54, 1.807) is 0 Å². The topological polar surface area (TPSA) is 24.1 Å². The zero-order valence-electron chi connectivity index (χ0n) is 8.98. The smallest absolute Gasteiger partial charge is 0.0309 e. The first kappa shape index (κ1) is 12.0. The van der Waals surface area contributed by atoms with Crippen LogP contribution in [0.1, 0.15) is 32.6 Å². The molecule has 1 saturated heterocycles. The van der Waals surface area contributed by atoms with Gasteiger partial charge in [-0.3, -0.25) is 0 Å². The van der Waals surface area contributed by atoms with Gasteiger partial charge in [-0.2, -0.15) is 0 Å². The van der Waals surface area contributed by atoms with Crippen LogP contribution in [-0.4, -0.2) is 25.2 Å². The highest BCUT2D eigenvalue weighted by molar-refractivity contribution is 6.29. The fourth-order valence-electron chi connectivity index (χ4n) is 1.92. The summed E-state index contributed by atoms with van der Waals surface area (Å²) in [5, 5.41) is 7.59. The van der Waals surface area contributed by atoms with Gasteiger partial charge in [0.25, 0.3) is 0 Å². The van der Waals surface area contributed by atoms with E-state index in [9.17, 15) is 0 Å². The summed E-state index contributed by atoms with van der Waals surface area (Å²) in [4.78, 5) is 0. The number of hydrogen-bond donors (Lipinski definition) is 2. The molecule has 0 amide bonds. The normalized spacial score (nSPS) is 24.6. The van der Waals surface area contributed by atoms with Crippen molar-refractivity contribution in [1.29, 1.82) is 0 Å². The van der Waals surface area contributed by atoms with Gasteiger partial charge in [0.1, 0.15) is 0 Å². The number of nitrogens with one attached hydrogen (secondary N) is 2. The van der Waals surface area contributed by atoms with Gasteiger partial charge in [0.05, 0.1) is 0 Å². The van der Waals surface area contributed by atoms with Crippen LogP contribution < -0.4 is 10.6 Å². The molecule has 2 atom stereocenters. The molecular formula is C11H21ClN2.